The smallest absolute Gasteiger partial charge is 0.325 e. The van der Waals surface area contributed by atoms with Gasteiger partial charge >= 0.3 is 5.97 Å². The van der Waals surface area contributed by atoms with Crippen molar-refractivity contribution < 1.29 is 28.2 Å². The zero-order valence-electron chi connectivity index (χ0n) is 13.2. The van der Waals surface area contributed by atoms with Gasteiger partial charge in [-0.2, -0.15) is 0 Å². The van der Waals surface area contributed by atoms with E-state index >= 15 is 0 Å². The van der Waals surface area contributed by atoms with Gasteiger partial charge < -0.3 is 14.8 Å². The number of esters is 1. The first-order valence-corrected chi connectivity index (χ1v) is 7.43. The summed E-state index contributed by atoms with van der Waals surface area (Å²) >= 11 is 0. The molecule has 0 heterocycles. The molecule has 0 aromatic heterocycles. The predicted molar refractivity (Wildman–Crippen MR) is 86.6 cm³/mol. The first-order chi connectivity index (χ1) is 12.0. The zero-order valence-corrected chi connectivity index (χ0v) is 13.2. The summed E-state index contributed by atoms with van der Waals surface area (Å²) in [6.45, 7) is -1.17. The number of amides is 1. The predicted octanol–water partition coefficient (Wildman–Crippen LogP) is 1.75. The van der Waals surface area contributed by atoms with Crippen LogP contribution >= 0.6 is 0 Å². The van der Waals surface area contributed by atoms with Gasteiger partial charge in [-0.05, 0) is 24.3 Å². The third-order valence-corrected chi connectivity index (χ3v) is 3.05. The molecule has 0 aliphatic heterocycles. The molecule has 0 saturated carbocycles. The third-order valence-electron chi connectivity index (χ3n) is 3.05. The zero-order chi connectivity index (χ0) is 18.1. The lowest BCUT2D eigenvalue weighted by atomic mass is 10.1. The van der Waals surface area contributed by atoms with E-state index in [2.05, 4.69) is 5.32 Å². The molecule has 0 atom stereocenters. The van der Waals surface area contributed by atoms with E-state index in [4.69, 9.17) is 9.47 Å². The number of carbonyl (C=O) groups is 3. The van der Waals surface area contributed by atoms with Gasteiger partial charge in [0, 0.05) is 5.56 Å². The van der Waals surface area contributed by atoms with Crippen molar-refractivity contribution in [1.29, 1.82) is 0 Å². The van der Waals surface area contributed by atoms with E-state index in [0.29, 0.717) is 5.75 Å². The van der Waals surface area contributed by atoms with Gasteiger partial charge in [-0.25, -0.2) is 4.39 Å². The van der Waals surface area contributed by atoms with Crippen LogP contribution in [0.25, 0.3) is 0 Å². The van der Waals surface area contributed by atoms with Gasteiger partial charge in [0.05, 0.1) is 0 Å². The van der Waals surface area contributed by atoms with E-state index in [1.165, 1.54) is 18.2 Å². The van der Waals surface area contributed by atoms with Crippen molar-refractivity contribution in [2.75, 3.05) is 19.8 Å². The van der Waals surface area contributed by atoms with Crippen molar-refractivity contribution in [3.05, 3.63) is 66.0 Å². The molecule has 0 radical (unpaired) electrons. The molecule has 1 amide bonds. The molecule has 2 rings (SSSR count). The Hall–Kier alpha value is -3.22. The van der Waals surface area contributed by atoms with Crippen LogP contribution in [0.15, 0.2) is 54.6 Å². The summed E-state index contributed by atoms with van der Waals surface area (Å²) in [6.07, 6.45) is 0. The van der Waals surface area contributed by atoms with Crippen LogP contribution in [0.5, 0.6) is 5.75 Å². The largest absolute Gasteiger partial charge is 0.484 e. The Morgan fingerprint density at radius 2 is 1.72 bits per heavy atom. The van der Waals surface area contributed by atoms with E-state index in [1.807, 2.05) is 6.07 Å². The van der Waals surface area contributed by atoms with Gasteiger partial charge in [0.15, 0.2) is 19.0 Å². The number of hydrogen-bond donors (Lipinski definition) is 1. The van der Waals surface area contributed by atoms with Gasteiger partial charge in [0.1, 0.15) is 18.1 Å². The van der Waals surface area contributed by atoms with Crippen molar-refractivity contribution in [2.45, 2.75) is 0 Å². The van der Waals surface area contributed by atoms with Crippen LogP contribution in [0, 0.1) is 5.82 Å². The average molecular weight is 345 g/mol. The average Bonchev–Trinajstić information content (AvgIpc) is 2.63. The van der Waals surface area contributed by atoms with Crippen molar-refractivity contribution >= 4 is 17.7 Å². The highest BCUT2D eigenvalue weighted by Crippen LogP contribution is 2.07. The molecule has 0 saturated heterocycles. The maximum Gasteiger partial charge on any atom is 0.325 e. The van der Waals surface area contributed by atoms with Crippen LogP contribution in [0.1, 0.15) is 10.4 Å². The monoisotopic (exact) mass is 345 g/mol. The molecular formula is C18H16FNO5. The molecule has 1 N–H and O–H groups in total. The van der Waals surface area contributed by atoms with Crippen LogP contribution in [0.2, 0.25) is 0 Å². The quantitative estimate of drug-likeness (QED) is 0.582. The first kappa shape index (κ1) is 18.1. The Morgan fingerprint density at radius 1 is 0.960 bits per heavy atom. The van der Waals surface area contributed by atoms with Crippen molar-refractivity contribution in [3.63, 3.8) is 0 Å². The minimum atomic E-state index is -0.780. The molecule has 130 valence electrons. The Morgan fingerprint density at radius 3 is 2.44 bits per heavy atom. The van der Waals surface area contributed by atoms with E-state index in [-0.39, 0.29) is 12.2 Å². The van der Waals surface area contributed by atoms with Crippen LogP contribution < -0.4 is 10.1 Å². The minimum Gasteiger partial charge on any atom is -0.484 e. The van der Waals surface area contributed by atoms with Gasteiger partial charge in [-0.1, -0.05) is 30.3 Å². The maximum atomic E-state index is 13.0. The van der Waals surface area contributed by atoms with Gasteiger partial charge in [-0.3, -0.25) is 14.4 Å². The first-order valence-electron chi connectivity index (χ1n) is 7.43. The number of carbonyl (C=O) groups excluding carboxylic acids is 3. The molecule has 0 fully saturated rings. The number of para-hydroxylation sites is 1. The summed E-state index contributed by atoms with van der Waals surface area (Å²) in [5.41, 5.74) is 0.105. The molecule has 7 heteroatoms. The highest BCUT2D eigenvalue weighted by Gasteiger charge is 2.12. The van der Waals surface area contributed by atoms with Crippen molar-refractivity contribution in [3.8, 4) is 5.75 Å². The fourth-order valence-electron chi connectivity index (χ4n) is 1.83. The number of nitrogens with one attached hydrogen (secondary N) is 1. The number of Topliss-reactive ketones (excluding diaryl/α,β-unsaturated/α-hetero) is 1. The number of hydrogen-bond acceptors (Lipinski definition) is 5. The minimum absolute atomic E-state index is 0.105. The standard InChI is InChI=1S/C18H16FNO5/c19-14-6-4-5-13(9-14)16(21)11-25-18(23)10-20-17(22)12-24-15-7-2-1-3-8-15/h1-9H,10-12H2,(H,20,22). The fourth-order valence-corrected chi connectivity index (χ4v) is 1.83. The number of rotatable bonds is 8. The maximum absolute atomic E-state index is 13.0. The number of ether oxygens (including phenoxy) is 2. The normalized spacial score (nSPS) is 9.96. The topological polar surface area (TPSA) is 81.7 Å². The van der Waals surface area contributed by atoms with E-state index in [1.54, 1.807) is 24.3 Å². The number of halogens is 1. The molecule has 2 aromatic carbocycles. The molecule has 2 aromatic rings. The Kier molecular flexibility index (Phi) is 6.65. The fraction of sp³-hybridized carbons (Fsp3) is 0.167. The van der Waals surface area contributed by atoms with E-state index in [9.17, 15) is 18.8 Å². The van der Waals surface area contributed by atoms with Crippen LogP contribution in [0.3, 0.4) is 0 Å². The molecule has 0 spiro atoms. The molecule has 25 heavy (non-hydrogen) atoms. The molecule has 0 aliphatic carbocycles. The summed E-state index contributed by atoms with van der Waals surface area (Å²) in [5.74, 6) is -1.84. The lowest BCUT2D eigenvalue weighted by Crippen LogP contribution is -2.34. The Bertz CT molecular complexity index is 748. The second-order valence-corrected chi connectivity index (χ2v) is 4.97. The summed E-state index contributed by atoms with van der Waals surface area (Å²) in [4.78, 5) is 34.8. The molecule has 0 unspecified atom stereocenters. The van der Waals surface area contributed by atoms with E-state index in [0.717, 1.165) is 6.07 Å². The van der Waals surface area contributed by atoms with Crippen molar-refractivity contribution in [2.24, 2.45) is 0 Å². The highest BCUT2D eigenvalue weighted by atomic mass is 19.1. The number of ketones is 1. The molecule has 0 aliphatic rings. The second kappa shape index (κ2) is 9.17. The second-order valence-electron chi connectivity index (χ2n) is 4.97. The third kappa shape index (κ3) is 6.42. The van der Waals surface area contributed by atoms with Crippen LogP contribution in [-0.2, 0) is 14.3 Å². The van der Waals surface area contributed by atoms with Crippen LogP contribution in [0.4, 0.5) is 4.39 Å². The summed E-state index contributed by atoms with van der Waals surface area (Å²) in [5, 5.41) is 2.32. The molecule has 0 bridgehead atoms. The SMILES string of the molecule is O=C(COc1ccccc1)NCC(=O)OCC(=O)c1cccc(F)c1. The summed E-state index contributed by atoms with van der Waals surface area (Å²) in [6, 6.07) is 13.8. The van der Waals surface area contributed by atoms with Crippen molar-refractivity contribution in [1.82, 2.24) is 5.32 Å². The Balaban J connectivity index is 1.66. The van der Waals surface area contributed by atoms with E-state index < -0.39 is 36.6 Å². The van der Waals surface area contributed by atoms with Gasteiger partial charge in [0.25, 0.3) is 5.91 Å². The lowest BCUT2D eigenvalue weighted by Gasteiger charge is -2.07. The summed E-state index contributed by atoms with van der Waals surface area (Å²) in [7, 11) is 0. The molecular weight excluding hydrogens is 329 g/mol. The van der Waals surface area contributed by atoms with Crippen LogP contribution in [-0.4, -0.2) is 37.4 Å². The highest BCUT2D eigenvalue weighted by molar-refractivity contribution is 5.98. The molecule has 6 nitrogen and oxygen atoms in total. The van der Waals surface area contributed by atoms with Gasteiger partial charge in [-0.15, -0.1) is 0 Å². The van der Waals surface area contributed by atoms with Gasteiger partial charge in [0.2, 0.25) is 0 Å². The summed E-state index contributed by atoms with van der Waals surface area (Å²) < 4.78 is 23.0. The Labute approximate surface area is 143 Å². The number of benzene rings is 2. The lowest BCUT2D eigenvalue weighted by molar-refractivity contribution is -0.143.